The number of nitrogens with zero attached hydrogens (tertiary/aromatic N) is 4. The van der Waals surface area contributed by atoms with Gasteiger partial charge in [-0.2, -0.15) is 40.2 Å². The van der Waals surface area contributed by atoms with E-state index in [1.54, 1.807) is 5.10 Å². The van der Waals surface area contributed by atoms with Crippen LogP contribution in [0.15, 0.2) is 46.4 Å². The van der Waals surface area contributed by atoms with Gasteiger partial charge in [0.05, 0.1) is 29.4 Å². The number of hydrogen-bond acceptors (Lipinski definition) is 8. The van der Waals surface area contributed by atoms with Crippen molar-refractivity contribution >= 4 is 22.3 Å². The summed E-state index contributed by atoms with van der Waals surface area (Å²) in [7, 11) is 0. The summed E-state index contributed by atoms with van der Waals surface area (Å²) in [5, 5.41) is 7.34. The number of ether oxygens (including phenoxy) is 1. The van der Waals surface area contributed by atoms with Crippen molar-refractivity contribution in [3.8, 4) is 11.4 Å². The fourth-order valence-corrected chi connectivity index (χ4v) is 4.30. The zero-order valence-electron chi connectivity index (χ0n) is 21.9. The number of anilines is 2. The molecule has 1 atom stereocenters. The fourth-order valence-electron chi connectivity index (χ4n) is 4.30. The van der Waals surface area contributed by atoms with Gasteiger partial charge < -0.3 is 20.4 Å². The Labute approximate surface area is 239 Å². The number of rotatable bonds is 10. The second kappa shape index (κ2) is 12.5. The number of H-pyrrole nitrogens is 1. The fraction of sp³-hybridized carbons (Fsp3) is 0.320. The third kappa shape index (κ3) is 7.26. The van der Waals surface area contributed by atoms with Gasteiger partial charge in [-0.25, -0.2) is 19.5 Å². The first kappa shape index (κ1) is 32.2. The van der Waals surface area contributed by atoms with Crippen LogP contribution in [-0.4, -0.2) is 44.0 Å². The van der Waals surface area contributed by atoms with E-state index in [0.717, 1.165) is 16.7 Å². The number of halogens is 9. The van der Waals surface area contributed by atoms with E-state index in [4.69, 9.17) is 5.73 Å². The molecular weight excluding hydrogens is 617 g/mol. The summed E-state index contributed by atoms with van der Waals surface area (Å²) in [5.74, 6) is -2.41. The molecule has 1 unspecified atom stereocenters. The minimum atomic E-state index is -5.09. The van der Waals surface area contributed by atoms with Crippen LogP contribution in [-0.2, 0) is 23.6 Å². The monoisotopic (exact) mass is 637 g/mol. The molecule has 0 aliphatic carbocycles. The molecule has 0 aliphatic rings. The molecule has 1 aromatic carbocycles. The van der Waals surface area contributed by atoms with Gasteiger partial charge in [0, 0.05) is 25.0 Å². The molecular formula is C25H20F9N7O3. The number of benzene rings is 1. The molecule has 0 fully saturated rings. The molecule has 4 aromatic rings. The van der Waals surface area contributed by atoms with Crippen molar-refractivity contribution in [3.05, 3.63) is 74.4 Å². The predicted octanol–water partition coefficient (Wildman–Crippen LogP) is 4.80. The van der Waals surface area contributed by atoms with Crippen LogP contribution in [0.1, 0.15) is 24.0 Å². The van der Waals surface area contributed by atoms with Gasteiger partial charge in [0.2, 0.25) is 0 Å². The number of alkyl halides is 8. The summed E-state index contributed by atoms with van der Waals surface area (Å²) in [6.07, 6.45) is -7.65. The van der Waals surface area contributed by atoms with Crippen LogP contribution in [0.2, 0.25) is 0 Å². The highest BCUT2D eigenvalue weighted by molar-refractivity contribution is 5.86. The Morgan fingerprint density at radius 3 is 2.43 bits per heavy atom. The van der Waals surface area contributed by atoms with Crippen molar-refractivity contribution in [2.24, 2.45) is 0 Å². The molecule has 236 valence electrons. The van der Waals surface area contributed by atoms with E-state index < -0.39 is 77.0 Å². The Balaban J connectivity index is 1.54. The van der Waals surface area contributed by atoms with Crippen LogP contribution in [0.4, 0.5) is 51.0 Å². The summed E-state index contributed by atoms with van der Waals surface area (Å²) in [5.41, 5.74) is -0.907. The largest absolute Gasteiger partial charge is 0.423 e. The van der Waals surface area contributed by atoms with E-state index in [-0.39, 0.29) is 35.7 Å². The Kier molecular flexibility index (Phi) is 9.17. The number of hydrogen-bond donors (Lipinski definition) is 3. The van der Waals surface area contributed by atoms with Gasteiger partial charge in [0.25, 0.3) is 11.1 Å². The van der Waals surface area contributed by atoms with Crippen molar-refractivity contribution in [3.63, 3.8) is 0 Å². The first-order valence-electron chi connectivity index (χ1n) is 12.4. The highest BCUT2D eigenvalue weighted by Gasteiger charge is 2.38. The zero-order valence-corrected chi connectivity index (χ0v) is 21.9. The second-order valence-electron chi connectivity index (χ2n) is 9.29. The third-order valence-electron chi connectivity index (χ3n) is 6.30. The predicted molar refractivity (Wildman–Crippen MR) is 137 cm³/mol. The highest BCUT2D eigenvalue weighted by Crippen LogP contribution is 2.34. The molecule has 44 heavy (non-hydrogen) atoms. The highest BCUT2D eigenvalue weighted by atomic mass is 19.4. The number of fused-ring (bicyclic) bond motifs is 1. The minimum absolute atomic E-state index is 0.0207. The lowest BCUT2D eigenvalue weighted by molar-refractivity contribution is -0.139. The van der Waals surface area contributed by atoms with Gasteiger partial charge in [0.15, 0.2) is 5.82 Å². The summed E-state index contributed by atoms with van der Waals surface area (Å²) in [6, 6.07) is 2.19. The van der Waals surface area contributed by atoms with Crippen LogP contribution >= 0.6 is 0 Å². The Morgan fingerprint density at radius 1 is 1.07 bits per heavy atom. The SMILES string of the molecule is Nc1nc(-c2cc3ccn(CCCC(COC(F)F)Nc4cn[nH]c(=O)c4C(F)(F)F)c(=O)c3cc2F)ncc1C(F)(F)F. The number of aromatic nitrogens is 5. The number of nitrogen functional groups attached to an aromatic ring is 1. The molecule has 0 amide bonds. The lowest BCUT2D eigenvalue weighted by atomic mass is 10.1. The van der Waals surface area contributed by atoms with Crippen molar-refractivity contribution in [1.82, 2.24) is 24.7 Å². The van der Waals surface area contributed by atoms with E-state index in [9.17, 15) is 49.1 Å². The smallest absolute Gasteiger partial charge is 0.383 e. The van der Waals surface area contributed by atoms with Crippen molar-refractivity contribution < 1.29 is 44.3 Å². The lowest BCUT2D eigenvalue weighted by Gasteiger charge is -2.22. The molecule has 0 bridgehead atoms. The normalized spacial score (nSPS) is 13.0. The van der Waals surface area contributed by atoms with E-state index in [1.807, 2.05) is 0 Å². The molecule has 0 radical (unpaired) electrons. The van der Waals surface area contributed by atoms with Gasteiger partial charge in [-0.1, -0.05) is 0 Å². The average molecular weight is 637 g/mol. The first-order valence-corrected chi connectivity index (χ1v) is 12.4. The summed E-state index contributed by atoms with van der Waals surface area (Å²) < 4.78 is 125. The number of pyridine rings is 1. The summed E-state index contributed by atoms with van der Waals surface area (Å²) in [6.45, 7) is -4.10. The van der Waals surface area contributed by atoms with Crippen molar-refractivity contribution in [2.45, 2.75) is 44.4 Å². The number of nitrogens with two attached hydrogens (primary N) is 1. The van der Waals surface area contributed by atoms with Crippen molar-refractivity contribution in [2.75, 3.05) is 17.7 Å². The van der Waals surface area contributed by atoms with Gasteiger partial charge in [-0.05, 0) is 36.4 Å². The van der Waals surface area contributed by atoms with Gasteiger partial charge in [-0.15, -0.1) is 0 Å². The number of aryl methyl sites for hydroxylation is 1. The number of nitrogens with one attached hydrogen (secondary N) is 2. The van der Waals surface area contributed by atoms with Crippen LogP contribution in [0.3, 0.4) is 0 Å². The van der Waals surface area contributed by atoms with Gasteiger partial charge in [-0.3, -0.25) is 9.59 Å². The van der Waals surface area contributed by atoms with Crippen LogP contribution in [0.25, 0.3) is 22.2 Å². The Morgan fingerprint density at radius 2 is 1.80 bits per heavy atom. The van der Waals surface area contributed by atoms with Gasteiger partial charge in [0.1, 0.15) is 22.8 Å². The Hall–Kier alpha value is -4.68. The van der Waals surface area contributed by atoms with E-state index in [2.05, 4.69) is 25.1 Å². The maximum Gasteiger partial charge on any atom is 0.423 e. The van der Waals surface area contributed by atoms with Gasteiger partial charge >= 0.3 is 19.0 Å². The van der Waals surface area contributed by atoms with Crippen molar-refractivity contribution in [1.29, 1.82) is 0 Å². The average Bonchev–Trinajstić information content (AvgIpc) is 2.91. The maximum absolute atomic E-state index is 15.0. The summed E-state index contributed by atoms with van der Waals surface area (Å²) >= 11 is 0. The maximum atomic E-state index is 15.0. The molecule has 0 spiro atoms. The van der Waals surface area contributed by atoms with E-state index in [0.29, 0.717) is 12.4 Å². The first-order chi connectivity index (χ1) is 20.6. The zero-order chi connectivity index (χ0) is 32.4. The van der Waals surface area contributed by atoms with Crippen LogP contribution < -0.4 is 22.2 Å². The van der Waals surface area contributed by atoms with E-state index in [1.165, 1.54) is 12.3 Å². The van der Waals surface area contributed by atoms with Crippen LogP contribution in [0.5, 0.6) is 0 Å². The molecule has 0 saturated carbocycles. The molecule has 0 aliphatic heterocycles. The molecule has 4 rings (SSSR count). The molecule has 3 heterocycles. The molecule has 10 nitrogen and oxygen atoms in total. The quantitative estimate of drug-likeness (QED) is 0.211. The lowest BCUT2D eigenvalue weighted by Crippen LogP contribution is -2.32. The summed E-state index contributed by atoms with van der Waals surface area (Å²) in [4.78, 5) is 31.8. The molecule has 4 N–H and O–H groups in total. The second-order valence-corrected chi connectivity index (χ2v) is 9.29. The molecule has 3 aromatic heterocycles. The molecule has 0 saturated heterocycles. The van der Waals surface area contributed by atoms with Crippen LogP contribution in [0, 0.1) is 5.82 Å². The minimum Gasteiger partial charge on any atom is -0.383 e. The topological polar surface area (TPSA) is 141 Å². The third-order valence-corrected chi connectivity index (χ3v) is 6.30. The Bertz CT molecular complexity index is 1770. The number of aromatic amines is 1. The molecule has 19 heteroatoms. The van der Waals surface area contributed by atoms with E-state index >= 15 is 0 Å². The standard InChI is InChI=1S/C25H20F9N7O3/c26-16-7-13-11(6-14(16)20-36-8-15(19(35)39-20)24(29,30)31)3-5-41(22(13)43)4-1-2-12(10-44-23(27)28)38-17-9-37-40-21(42)18(17)25(32,33)34/h3,5-9,12,23H,1-2,4,10H2,(H2,35,36,39)(H2,38,40,42).